The van der Waals surface area contributed by atoms with Gasteiger partial charge in [-0.3, -0.25) is 19.9 Å². The molecule has 2 heterocycles. The van der Waals surface area contributed by atoms with E-state index in [1.165, 1.54) is 0 Å². The lowest BCUT2D eigenvalue weighted by Gasteiger charge is -2.14. The molecule has 8 nitrogen and oxygen atoms in total. The Morgan fingerprint density at radius 2 is 1.66 bits per heavy atom. The first-order chi connectivity index (χ1) is 16.6. The zero-order valence-electron chi connectivity index (χ0n) is 20.3. The summed E-state index contributed by atoms with van der Waals surface area (Å²) in [5.41, 5.74) is 5.18. The van der Waals surface area contributed by atoms with Gasteiger partial charge in [-0.05, 0) is 73.5 Å². The zero-order valence-corrected chi connectivity index (χ0v) is 20.3. The molecule has 0 atom stereocenters. The summed E-state index contributed by atoms with van der Waals surface area (Å²) < 4.78 is 1.58. The lowest BCUT2D eigenvalue weighted by Crippen LogP contribution is -2.34. The smallest absolute Gasteiger partial charge is 0.326 e. The van der Waals surface area contributed by atoms with E-state index in [2.05, 4.69) is 15.6 Å². The van der Waals surface area contributed by atoms with E-state index in [4.69, 9.17) is 0 Å². The fraction of sp³-hybridized carbons (Fsp3) is 0.185. The molecule has 0 aliphatic rings. The van der Waals surface area contributed by atoms with Gasteiger partial charge in [0, 0.05) is 60.9 Å². The number of hydrogen-bond acceptors (Lipinski definition) is 5. The number of aryl methyl sites for hydroxylation is 3. The van der Waals surface area contributed by atoms with Crippen LogP contribution in [0.25, 0.3) is 22.0 Å². The minimum Gasteiger partial charge on any atom is -0.378 e. The number of nitrogens with one attached hydrogen (secondary N) is 2. The Bertz CT molecular complexity index is 1500. The van der Waals surface area contributed by atoms with Gasteiger partial charge in [-0.25, -0.2) is 4.79 Å². The number of fused-ring (bicyclic) bond motifs is 1. The zero-order chi connectivity index (χ0) is 25.3. The van der Waals surface area contributed by atoms with Crippen molar-refractivity contribution < 1.29 is 9.59 Å². The van der Waals surface area contributed by atoms with Crippen LogP contribution in [0, 0.1) is 13.8 Å². The quantitative estimate of drug-likeness (QED) is 0.466. The van der Waals surface area contributed by atoms with E-state index in [1.807, 2.05) is 51.0 Å². The second kappa shape index (κ2) is 9.42. The van der Waals surface area contributed by atoms with Gasteiger partial charge in [0.25, 0.3) is 11.5 Å². The molecule has 8 heteroatoms. The van der Waals surface area contributed by atoms with Gasteiger partial charge < -0.3 is 14.8 Å². The molecule has 4 aromatic rings. The molecule has 0 saturated heterocycles. The molecular formula is C27H27N5O3. The van der Waals surface area contributed by atoms with Gasteiger partial charge in [-0.1, -0.05) is 6.07 Å². The first-order valence-electron chi connectivity index (χ1n) is 11.1. The van der Waals surface area contributed by atoms with Crippen LogP contribution in [0.4, 0.5) is 16.2 Å². The summed E-state index contributed by atoms with van der Waals surface area (Å²) in [7, 11) is 5.57. The average Bonchev–Trinajstić information content (AvgIpc) is 2.82. The highest BCUT2D eigenvalue weighted by Gasteiger charge is 2.16. The summed E-state index contributed by atoms with van der Waals surface area (Å²) in [6.45, 7) is 3.75. The third-order valence-electron chi connectivity index (χ3n) is 5.90. The van der Waals surface area contributed by atoms with Crippen LogP contribution in [0.3, 0.4) is 0 Å². The molecule has 3 amide bonds. The predicted octanol–water partition coefficient (Wildman–Crippen LogP) is 4.25. The Hall–Kier alpha value is -4.46. The highest BCUT2D eigenvalue weighted by molar-refractivity contribution is 6.08. The van der Waals surface area contributed by atoms with Crippen LogP contribution in [-0.2, 0) is 7.05 Å². The molecule has 4 rings (SSSR count). The van der Waals surface area contributed by atoms with Crippen LogP contribution in [0.2, 0.25) is 0 Å². The molecule has 178 valence electrons. The van der Waals surface area contributed by atoms with Crippen LogP contribution < -0.4 is 21.1 Å². The van der Waals surface area contributed by atoms with Crippen molar-refractivity contribution in [3.63, 3.8) is 0 Å². The molecule has 0 saturated carbocycles. The Labute approximate surface area is 203 Å². The fourth-order valence-corrected chi connectivity index (χ4v) is 3.89. The Morgan fingerprint density at radius 3 is 2.34 bits per heavy atom. The highest BCUT2D eigenvalue weighted by Crippen LogP contribution is 2.25. The summed E-state index contributed by atoms with van der Waals surface area (Å²) in [4.78, 5) is 44.6. The third-order valence-corrected chi connectivity index (χ3v) is 5.90. The molecule has 2 N–H and O–H groups in total. The first-order valence-corrected chi connectivity index (χ1v) is 11.1. The summed E-state index contributed by atoms with van der Waals surface area (Å²) in [5.74, 6) is -0.566. The van der Waals surface area contributed by atoms with Gasteiger partial charge in [0.15, 0.2) is 0 Å². The summed E-state index contributed by atoms with van der Waals surface area (Å²) in [5, 5.41) is 5.83. The largest absolute Gasteiger partial charge is 0.378 e. The van der Waals surface area contributed by atoms with E-state index in [-0.39, 0.29) is 11.1 Å². The Balaban J connectivity index is 1.59. The van der Waals surface area contributed by atoms with Crippen LogP contribution in [0.5, 0.6) is 0 Å². The number of urea groups is 1. The monoisotopic (exact) mass is 469 g/mol. The number of carbonyl (C=O) groups is 2. The van der Waals surface area contributed by atoms with E-state index < -0.39 is 11.9 Å². The van der Waals surface area contributed by atoms with Crippen molar-refractivity contribution in [1.82, 2.24) is 14.9 Å². The van der Waals surface area contributed by atoms with Crippen LogP contribution in [-0.4, -0.2) is 35.6 Å². The Kier molecular flexibility index (Phi) is 6.38. The average molecular weight is 470 g/mol. The SMILES string of the molecule is Cc1cc2c(cn1)cc(-c1cc(C(=O)NC(=O)Nc3ccc(N(C)C)cc3)ccc1C)c(=O)n2C. The van der Waals surface area contributed by atoms with E-state index >= 15 is 0 Å². The maximum atomic E-state index is 13.1. The number of nitrogens with zero attached hydrogens (tertiary/aromatic N) is 3. The summed E-state index contributed by atoms with van der Waals surface area (Å²) in [6, 6.07) is 15.3. The van der Waals surface area contributed by atoms with E-state index in [9.17, 15) is 14.4 Å². The number of hydrogen-bond donors (Lipinski definition) is 2. The number of anilines is 2. The first kappa shape index (κ1) is 23.7. The van der Waals surface area contributed by atoms with Crippen LogP contribution in [0.1, 0.15) is 21.6 Å². The van der Waals surface area contributed by atoms with E-state index in [1.54, 1.807) is 54.2 Å². The number of amides is 3. The molecule has 2 aromatic heterocycles. The summed E-state index contributed by atoms with van der Waals surface area (Å²) in [6.07, 6.45) is 1.73. The number of benzene rings is 2. The lowest BCUT2D eigenvalue weighted by molar-refractivity contribution is 0.0967. The van der Waals surface area contributed by atoms with E-state index in [0.717, 1.165) is 27.8 Å². The van der Waals surface area contributed by atoms with Crippen LogP contribution >= 0.6 is 0 Å². The number of imide groups is 1. The molecule has 2 aromatic carbocycles. The standard InChI is InChI=1S/C27H27N5O3/c1-16-6-7-18(25(33)30-27(35)29-20-8-10-21(11-9-20)31(3)4)13-22(16)23-14-19-15-28-17(2)12-24(19)32(5)26(23)34/h6-15H,1-5H3,(H2,29,30,33,35). The van der Waals surface area contributed by atoms with Crippen molar-refractivity contribution in [2.24, 2.45) is 7.05 Å². The molecule has 0 spiro atoms. The molecule has 0 aliphatic carbocycles. The predicted molar refractivity (Wildman–Crippen MR) is 139 cm³/mol. The van der Waals surface area contributed by atoms with Crippen molar-refractivity contribution >= 4 is 34.2 Å². The molecule has 0 unspecified atom stereocenters. The number of carbonyl (C=O) groups excluding carboxylic acids is 2. The molecule has 35 heavy (non-hydrogen) atoms. The minimum atomic E-state index is -0.641. The maximum absolute atomic E-state index is 13.1. The molecule has 0 bridgehead atoms. The van der Waals surface area contributed by atoms with Crippen molar-refractivity contribution in [2.75, 3.05) is 24.3 Å². The number of rotatable bonds is 4. The van der Waals surface area contributed by atoms with Crippen molar-refractivity contribution in [1.29, 1.82) is 0 Å². The van der Waals surface area contributed by atoms with Gasteiger partial charge >= 0.3 is 6.03 Å². The molecule has 0 radical (unpaired) electrons. The molecule has 0 fully saturated rings. The van der Waals surface area contributed by atoms with Crippen molar-refractivity contribution in [3.05, 3.63) is 88.0 Å². The topological polar surface area (TPSA) is 96.3 Å². The van der Waals surface area contributed by atoms with Crippen molar-refractivity contribution in [3.8, 4) is 11.1 Å². The van der Waals surface area contributed by atoms with E-state index in [0.29, 0.717) is 16.8 Å². The van der Waals surface area contributed by atoms with Gasteiger partial charge in [0.1, 0.15) is 0 Å². The van der Waals surface area contributed by atoms with Gasteiger partial charge in [-0.2, -0.15) is 0 Å². The van der Waals surface area contributed by atoms with Crippen LogP contribution in [0.15, 0.2) is 65.6 Å². The van der Waals surface area contributed by atoms with Crippen molar-refractivity contribution in [2.45, 2.75) is 13.8 Å². The molecule has 0 aliphatic heterocycles. The minimum absolute atomic E-state index is 0.178. The molecular weight excluding hydrogens is 442 g/mol. The number of pyridine rings is 2. The van der Waals surface area contributed by atoms with Gasteiger partial charge in [-0.15, -0.1) is 0 Å². The maximum Gasteiger partial charge on any atom is 0.326 e. The second-order valence-electron chi connectivity index (χ2n) is 8.69. The Morgan fingerprint density at radius 1 is 0.943 bits per heavy atom. The normalized spacial score (nSPS) is 10.8. The van der Waals surface area contributed by atoms with Gasteiger partial charge in [0.2, 0.25) is 0 Å². The highest BCUT2D eigenvalue weighted by atomic mass is 16.2. The summed E-state index contributed by atoms with van der Waals surface area (Å²) >= 11 is 0. The van der Waals surface area contributed by atoms with Gasteiger partial charge in [0.05, 0.1) is 5.52 Å². The lowest BCUT2D eigenvalue weighted by atomic mass is 9.97. The number of aromatic nitrogens is 2. The second-order valence-corrected chi connectivity index (χ2v) is 8.69. The fourth-order valence-electron chi connectivity index (χ4n) is 3.89. The third kappa shape index (κ3) is 4.91.